The summed E-state index contributed by atoms with van der Waals surface area (Å²) >= 11 is 1.58. The Bertz CT molecular complexity index is 764. The third-order valence-corrected chi connectivity index (χ3v) is 5.36. The standard InChI is InChI=1S/C20H22N2O2S/c1-13(2)12-21-19(23)15-8-4-5-9-16(15)22-20(24)18-11-14-7-3-6-10-17(14)25-18/h3-10,13,18H,11-12H2,1-2H3,(H,21,23)(H,22,24). The molecule has 2 aromatic carbocycles. The smallest absolute Gasteiger partial charge is 0.253 e. The molecule has 130 valence electrons. The van der Waals surface area contributed by atoms with Crippen LogP contribution in [0.3, 0.4) is 0 Å². The Morgan fingerprint density at radius 1 is 1.12 bits per heavy atom. The van der Waals surface area contributed by atoms with Crippen LogP contribution in [-0.4, -0.2) is 23.6 Å². The lowest BCUT2D eigenvalue weighted by atomic mass is 10.1. The summed E-state index contributed by atoms with van der Waals surface area (Å²) in [6.07, 6.45) is 0.717. The van der Waals surface area contributed by atoms with Gasteiger partial charge in [-0.25, -0.2) is 0 Å². The molecule has 2 N–H and O–H groups in total. The zero-order valence-corrected chi connectivity index (χ0v) is 15.2. The summed E-state index contributed by atoms with van der Waals surface area (Å²) in [5.41, 5.74) is 2.26. The maximum atomic E-state index is 12.7. The number of nitrogens with one attached hydrogen (secondary N) is 2. The average molecular weight is 354 g/mol. The van der Waals surface area contributed by atoms with Crippen LogP contribution in [0.5, 0.6) is 0 Å². The first-order valence-corrected chi connectivity index (χ1v) is 9.35. The summed E-state index contributed by atoms with van der Waals surface area (Å²) in [5.74, 6) is 0.149. The highest BCUT2D eigenvalue weighted by Crippen LogP contribution is 2.37. The van der Waals surface area contributed by atoms with Crippen molar-refractivity contribution in [2.75, 3.05) is 11.9 Å². The van der Waals surface area contributed by atoms with Crippen molar-refractivity contribution in [1.29, 1.82) is 0 Å². The lowest BCUT2D eigenvalue weighted by Gasteiger charge is -2.14. The highest BCUT2D eigenvalue weighted by atomic mass is 32.2. The van der Waals surface area contributed by atoms with Crippen LogP contribution in [-0.2, 0) is 11.2 Å². The highest BCUT2D eigenvalue weighted by molar-refractivity contribution is 8.01. The third-order valence-electron chi connectivity index (χ3n) is 4.04. The van der Waals surface area contributed by atoms with Crippen molar-refractivity contribution in [3.05, 3.63) is 59.7 Å². The maximum Gasteiger partial charge on any atom is 0.253 e. The number of amides is 2. The number of anilines is 1. The lowest BCUT2D eigenvalue weighted by molar-refractivity contribution is -0.115. The monoisotopic (exact) mass is 354 g/mol. The normalized spacial score (nSPS) is 15.7. The van der Waals surface area contributed by atoms with Gasteiger partial charge in [0.25, 0.3) is 5.91 Å². The number of hydrogen-bond acceptors (Lipinski definition) is 3. The fraction of sp³-hybridized carbons (Fsp3) is 0.300. The van der Waals surface area contributed by atoms with Gasteiger partial charge in [0.05, 0.1) is 16.5 Å². The largest absolute Gasteiger partial charge is 0.352 e. The fourth-order valence-corrected chi connectivity index (χ4v) is 3.92. The maximum absolute atomic E-state index is 12.7. The number of para-hydroxylation sites is 1. The summed E-state index contributed by atoms with van der Waals surface area (Å²) in [4.78, 5) is 26.2. The van der Waals surface area contributed by atoms with E-state index in [4.69, 9.17) is 0 Å². The molecule has 0 saturated heterocycles. The van der Waals surface area contributed by atoms with Gasteiger partial charge in [0.1, 0.15) is 0 Å². The van der Waals surface area contributed by atoms with E-state index in [0.717, 1.165) is 4.90 Å². The van der Waals surface area contributed by atoms with Crippen LogP contribution in [0.15, 0.2) is 53.4 Å². The number of benzene rings is 2. The zero-order chi connectivity index (χ0) is 17.8. The minimum Gasteiger partial charge on any atom is -0.352 e. The Hall–Kier alpha value is -2.27. The van der Waals surface area contributed by atoms with Gasteiger partial charge >= 0.3 is 0 Å². The molecule has 1 aliphatic rings. The number of rotatable bonds is 5. The zero-order valence-electron chi connectivity index (χ0n) is 14.4. The molecule has 3 rings (SSSR count). The molecule has 1 atom stereocenters. The van der Waals surface area contributed by atoms with Crippen molar-refractivity contribution in [1.82, 2.24) is 5.32 Å². The van der Waals surface area contributed by atoms with Gasteiger partial charge in [-0.15, -0.1) is 11.8 Å². The van der Waals surface area contributed by atoms with E-state index in [0.29, 0.717) is 30.1 Å². The second-order valence-corrected chi connectivity index (χ2v) is 7.80. The van der Waals surface area contributed by atoms with E-state index in [1.165, 1.54) is 5.56 Å². The molecule has 2 amide bonds. The van der Waals surface area contributed by atoms with Gasteiger partial charge in [0.2, 0.25) is 5.91 Å². The molecule has 0 radical (unpaired) electrons. The van der Waals surface area contributed by atoms with Crippen LogP contribution in [0.1, 0.15) is 29.8 Å². The minimum absolute atomic E-state index is 0.0645. The van der Waals surface area contributed by atoms with Gasteiger partial charge < -0.3 is 10.6 Å². The Morgan fingerprint density at radius 2 is 1.84 bits per heavy atom. The van der Waals surface area contributed by atoms with E-state index in [9.17, 15) is 9.59 Å². The van der Waals surface area contributed by atoms with Crippen molar-refractivity contribution in [3.8, 4) is 0 Å². The van der Waals surface area contributed by atoms with Crippen molar-refractivity contribution in [3.63, 3.8) is 0 Å². The number of thioether (sulfide) groups is 1. The minimum atomic E-state index is -0.163. The molecule has 0 bridgehead atoms. The van der Waals surface area contributed by atoms with Crippen LogP contribution < -0.4 is 10.6 Å². The molecular formula is C20H22N2O2S. The molecule has 1 heterocycles. The molecule has 0 aromatic heterocycles. The van der Waals surface area contributed by atoms with E-state index in [1.54, 1.807) is 30.0 Å². The Kier molecular flexibility index (Phi) is 5.43. The summed E-state index contributed by atoms with van der Waals surface area (Å²) in [6.45, 7) is 4.70. The molecule has 25 heavy (non-hydrogen) atoms. The van der Waals surface area contributed by atoms with E-state index in [1.807, 2.05) is 38.1 Å². The first-order chi connectivity index (χ1) is 12.0. The molecule has 5 heteroatoms. The molecule has 1 aliphatic heterocycles. The van der Waals surface area contributed by atoms with E-state index >= 15 is 0 Å². The van der Waals surface area contributed by atoms with Gasteiger partial charge in [-0.1, -0.05) is 44.2 Å². The summed E-state index contributed by atoms with van der Waals surface area (Å²) in [5, 5.41) is 5.67. The van der Waals surface area contributed by atoms with Gasteiger partial charge in [0.15, 0.2) is 0 Å². The van der Waals surface area contributed by atoms with Crippen molar-refractivity contribution >= 4 is 29.3 Å². The van der Waals surface area contributed by atoms with Gasteiger partial charge in [0, 0.05) is 11.4 Å². The number of carbonyl (C=O) groups excluding carboxylic acids is 2. The van der Waals surface area contributed by atoms with Gasteiger partial charge in [-0.3, -0.25) is 9.59 Å². The van der Waals surface area contributed by atoms with Crippen molar-refractivity contribution in [2.24, 2.45) is 5.92 Å². The van der Waals surface area contributed by atoms with Gasteiger partial charge in [-0.05, 0) is 36.1 Å². The fourth-order valence-electron chi connectivity index (χ4n) is 2.72. The lowest BCUT2D eigenvalue weighted by Crippen LogP contribution is -2.30. The van der Waals surface area contributed by atoms with Crippen LogP contribution in [0.4, 0.5) is 5.69 Å². The quantitative estimate of drug-likeness (QED) is 0.860. The second kappa shape index (κ2) is 7.74. The van der Waals surface area contributed by atoms with Crippen LogP contribution in [0.25, 0.3) is 0 Å². The Labute approximate surface area is 152 Å². The van der Waals surface area contributed by atoms with E-state index in [2.05, 4.69) is 16.7 Å². The SMILES string of the molecule is CC(C)CNC(=O)c1ccccc1NC(=O)C1Cc2ccccc2S1. The molecule has 0 saturated carbocycles. The number of fused-ring (bicyclic) bond motifs is 1. The van der Waals surface area contributed by atoms with Crippen LogP contribution >= 0.6 is 11.8 Å². The topological polar surface area (TPSA) is 58.2 Å². The molecule has 4 nitrogen and oxygen atoms in total. The van der Waals surface area contributed by atoms with Crippen molar-refractivity contribution in [2.45, 2.75) is 30.4 Å². The molecule has 0 fully saturated rings. The van der Waals surface area contributed by atoms with E-state index < -0.39 is 0 Å². The summed E-state index contributed by atoms with van der Waals surface area (Å²) in [6, 6.07) is 15.2. The molecular weight excluding hydrogens is 332 g/mol. The average Bonchev–Trinajstić information content (AvgIpc) is 3.04. The molecule has 0 spiro atoms. The van der Waals surface area contributed by atoms with Crippen LogP contribution in [0.2, 0.25) is 0 Å². The summed E-state index contributed by atoms with van der Waals surface area (Å²) in [7, 11) is 0. The molecule has 1 unspecified atom stereocenters. The van der Waals surface area contributed by atoms with E-state index in [-0.39, 0.29) is 17.1 Å². The van der Waals surface area contributed by atoms with Gasteiger partial charge in [-0.2, -0.15) is 0 Å². The number of carbonyl (C=O) groups is 2. The predicted octanol–water partition coefficient (Wildman–Crippen LogP) is 3.73. The highest BCUT2D eigenvalue weighted by Gasteiger charge is 2.28. The molecule has 0 aliphatic carbocycles. The Balaban J connectivity index is 1.69. The first kappa shape index (κ1) is 17.5. The second-order valence-electron chi connectivity index (χ2n) is 6.56. The summed E-state index contributed by atoms with van der Waals surface area (Å²) < 4.78 is 0. The Morgan fingerprint density at radius 3 is 2.60 bits per heavy atom. The van der Waals surface area contributed by atoms with Crippen LogP contribution in [0, 0.1) is 5.92 Å². The number of hydrogen-bond donors (Lipinski definition) is 2. The molecule has 2 aromatic rings. The third kappa shape index (κ3) is 4.23. The van der Waals surface area contributed by atoms with Crippen molar-refractivity contribution < 1.29 is 9.59 Å². The predicted molar refractivity (Wildman–Crippen MR) is 102 cm³/mol. The first-order valence-electron chi connectivity index (χ1n) is 8.47.